The van der Waals surface area contributed by atoms with Gasteiger partial charge in [0.05, 0.1) is 5.03 Å². The monoisotopic (exact) mass is 247 g/mol. The minimum Gasteiger partial charge on any atom is -0.332 e. The van der Waals surface area contributed by atoms with E-state index >= 15 is 0 Å². The maximum absolute atomic E-state index is 4.75. The van der Waals surface area contributed by atoms with Gasteiger partial charge in [0.25, 0.3) is 0 Å². The fraction of sp³-hybridized carbons (Fsp3) is 0. The largest absolute Gasteiger partial charge is 0.332 e. The number of thiol groups is 1. The normalized spacial score (nSPS) is 8.12. The zero-order valence-electron chi connectivity index (χ0n) is 3.75. The third-order valence-corrected chi connectivity index (χ3v) is 1.98. The van der Waals surface area contributed by atoms with E-state index in [1.807, 2.05) is 5.38 Å². The van der Waals surface area contributed by atoms with Crippen molar-refractivity contribution in [1.29, 1.82) is 0 Å². The van der Waals surface area contributed by atoms with E-state index in [1.165, 1.54) is 11.3 Å². The van der Waals surface area contributed by atoms with E-state index in [2.05, 4.69) is 17.6 Å². The summed E-state index contributed by atoms with van der Waals surface area (Å²) in [4.78, 5) is 2.84. The molecule has 1 N–H and O–H groups in total. The third kappa shape index (κ3) is 2.44. The Bertz CT molecular complexity index is 202. The van der Waals surface area contributed by atoms with E-state index in [1.54, 1.807) is 0 Å². The Balaban J connectivity index is 0.000000490. The Labute approximate surface area is 76.2 Å². The minimum atomic E-state index is 0. The molecule has 0 bridgehead atoms. The molecular weight excluding hydrogens is 242 g/mol. The van der Waals surface area contributed by atoms with Crippen molar-refractivity contribution in [3.63, 3.8) is 0 Å². The molecule has 0 atom stereocenters. The molecule has 0 radical (unpaired) electrons. The Morgan fingerprint density at radius 1 is 1.75 bits per heavy atom. The summed E-state index contributed by atoms with van der Waals surface area (Å²) in [5.41, 5.74) is 0. The van der Waals surface area contributed by atoms with E-state index < -0.39 is 0 Å². The first-order chi connectivity index (χ1) is 3.29. The number of thiazole rings is 1. The first-order valence-electron chi connectivity index (χ1n) is 1.66. The summed E-state index contributed by atoms with van der Waals surface area (Å²) >= 11 is 10.2. The summed E-state index contributed by atoms with van der Waals surface area (Å²) in [5, 5.41) is 2.71. The molecule has 0 saturated heterocycles. The fourth-order valence-corrected chi connectivity index (χ4v) is 1.39. The quantitative estimate of drug-likeness (QED) is 0.406. The molecule has 5 heteroatoms. The summed E-state index contributed by atoms with van der Waals surface area (Å²) in [6.07, 6.45) is 0. The second-order valence-electron chi connectivity index (χ2n) is 1.03. The Morgan fingerprint density at radius 2 is 2.38 bits per heavy atom. The topological polar surface area (TPSA) is 15.8 Å². The SMILES string of the molecule is S=c1[nH]c(S)cs1.[Mo]. The molecule has 0 aliphatic rings. The van der Waals surface area contributed by atoms with Gasteiger partial charge in [0, 0.05) is 26.4 Å². The van der Waals surface area contributed by atoms with Gasteiger partial charge in [0.1, 0.15) is 0 Å². The molecule has 1 aromatic heterocycles. The Hall–Kier alpha value is 0.888. The molecule has 0 amide bonds. The molecule has 1 nitrogen and oxygen atoms in total. The van der Waals surface area contributed by atoms with Gasteiger partial charge in [-0.3, -0.25) is 0 Å². The predicted molar refractivity (Wildman–Crippen MR) is 36.8 cm³/mol. The summed E-state index contributed by atoms with van der Waals surface area (Å²) in [6, 6.07) is 0. The fourth-order valence-electron chi connectivity index (χ4n) is 0.273. The molecule has 0 aromatic carbocycles. The van der Waals surface area contributed by atoms with Crippen molar-refractivity contribution in [2.24, 2.45) is 0 Å². The van der Waals surface area contributed by atoms with Crippen LogP contribution in [0.1, 0.15) is 0 Å². The number of H-pyrrole nitrogens is 1. The van der Waals surface area contributed by atoms with Gasteiger partial charge in [-0.2, -0.15) is 0 Å². The molecule has 1 heterocycles. The molecule has 0 unspecified atom stereocenters. The molecule has 1 aromatic rings. The summed E-state index contributed by atoms with van der Waals surface area (Å²) in [7, 11) is 0. The molecule has 0 fully saturated rings. The van der Waals surface area contributed by atoms with Crippen molar-refractivity contribution in [1.82, 2.24) is 4.98 Å². The van der Waals surface area contributed by atoms with E-state index in [0.717, 1.165) is 8.98 Å². The van der Waals surface area contributed by atoms with Crippen molar-refractivity contribution in [3.8, 4) is 0 Å². The van der Waals surface area contributed by atoms with Gasteiger partial charge in [0.2, 0.25) is 0 Å². The van der Waals surface area contributed by atoms with Crippen LogP contribution in [-0.4, -0.2) is 4.98 Å². The van der Waals surface area contributed by atoms with Crippen LogP contribution >= 0.6 is 36.2 Å². The van der Waals surface area contributed by atoms with Crippen molar-refractivity contribution in [3.05, 3.63) is 9.33 Å². The number of rotatable bonds is 0. The van der Waals surface area contributed by atoms with Gasteiger partial charge < -0.3 is 4.98 Å². The average Bonchev–Trinajstić information content (AvgIpc) is 1.87. The standard InChI is InChI=1S/C3H3NS3.Mo/c5-2-1-7-3(6)4-2;/h1,5H,(H,4,6);. The van der Waals surface area contributed by atoms with Crippen LogP contribution in [0.4, 0.5) is 0 Å². The summed E-state index contributed by atoms with van der Waals surface area (Å²) in [6.45, 7) is 0. The maximum Gasteiger partial charge on any atom is 0.159 e. The van der Waals surface area contributed by atoms with Crippen LogP contribution in [0.15, 0.2) is 10.4 Å². The second-order valence-corrected chi connectivity index (χ2v) is 3.06. The van der Waals surface area contributed by atoms with E-state index in [0.29, 0.717) is 0 Å². The second kappa shape index (κ2) is 3.83. The predicted octanol–water partition coefficient (Wildman–Crippen LogP) is 2.09. The number of aromatic amines is 1. The first kappa shape index (κ1) is 8.89. The summed E-state index contributed by atoms with van der Waals surface area (Å²) in [5.74, 6) is 0. The van der Waals surface area contributed by atoms with Crippen LogP contribution in [0.3, 0.4) is 0 Å². The van der Waals surface area contributed by atoms with Crippen molar-refractivity contribution < 1.29 is 21.1 Å². The van der Waals surface area contributed by atoms with E-state index in [-0.39, 0.29) is 21.1 Å². The zero-order valence-corrected chi connectivity index (χ0v) is 8.28. The van der Waals surface area contributed by atoms with Crippen LogP contribution in [0.2, 0.25) is 0 Å². The minimum absolute atomic E-state index is 0. The smallest absolute Gasteiger partial charge is 0.159 e. The first-order valence-corrected chi connectivity index (χ1v) is 3.39. The molecule has 0 aliphatic carbocycles. The van der Waals surface area contributed by atoms with Crippen LogP contribution < -0.4 is 0 Å². The van der Waals surface area contributed by atoms with Crippen LogP contribution in [0.25, 0.3) is 0 Å². The van der Waals surface area contributed by atoms with Gasteiger partial charge >= 0.3 is 0 Å². The molecule has 1 rings (SSSR count). The van der Waals surface area contributed by atoms with Gasteiger partial charge in [-0.1, -0.05) is 0 Å². The number of aromatic nitrogens is 1. The molecule has 8 heavy (non-hydrogen) atoms. The maximum atomic E-state index is 4.75. The molecule has 0 saturated carbocycles. The van der Waals surface area contributed by atoms with Gasteiger partial charge in [0.15, 0.2) is 3.95 Å². The van der Waals surface area contributed by atoms with E-state index in [9.17, 15) is 0 Å². The molecular formula is C3H3MoNS3. The zero-order chi connectivity index (χ0) is 5.28. The molecule has 0 aliphatic heterocycles. The van der Waals surface area contributed by atoms with Gasteiger partial charge in [-0.15, -0.1) is 24.0 Å². The Morgan fingerprint density at radius 3 is 2.50 bits per heavy atom. The number of nitrogens with one attached hydrogen (secondary N) is 1. The molecule has 44 valence electrons. The van der Waals surface area contributed by atoms with Crippen LogP contribution in [-0.2, 0) is 21.1 Å². The number of hydrogen-bond acceptors (Lipinski definition) is 3. The summed E-state index contributed by atoms with van der Waals surface area (Å²) < 4.78 is 0.782. The van der Waals surface area contributed by atoms with Crippen molar-refractivity contribution >= 4 is 36.2 Å². The van der Waals surface area contributed by atoms with Crippen molar-refractivity contribution in [2.75, 3.05) is 0 Å². The number of hydrogen-bond donors (Lipinski definition) is 2. The van der Waals surface area contributed by atoms with E-state index in [4.69, 9.17) is 12.2 Å². The third-order valence-electron chi connectivity index (χ3n) is 0.508. The van der Waals surface area contributed by atoms with Crippen LogP contribution in [0.5, 0.6) is 0 Å². The van der Waals surface area contributed by atoms with Crippen LogP contribution in [0, 0.1) is 3.95 Å². The van der Waals surface area contributed by atoms with Crippen molar-refractivity contribution in [2.45, 2.75) is 5.03 Å². The Kier molecular flexibility index (Phi) is 4.25. The van der Waals surface area contributed by atoms with Gasteiger partial charge in [-0.25, -0.2) is 0 Å². The average molecular weight is 245 g/mol. The molecule has 0 spiro atoms. The van der Waals surface area contributed by atoms with Gasteiger partial charge in [-0.05, 0) is 12.2 Å².